The van der Waals surface area contributed by atoms with Gasteiger partial charge in [0.2, 0.25) is 0 Å². The maximum atomic E-state index is 12.5. The van der Waals surface area contributed by atoms with Crippen LogP contribution < -0.4 is 0 Å². The molecule has 0 heterocycles. The van der Waals surface area contributed by atoms with E-state index in [1.165, 1.54) is 5.57 Å². The van der Waals surface area contributed by atoms with Crippen LogP contribution in [0.4, 0.5) is 0 Å². The minimum atomic E-state index is -0.0682. The van der Waals surface area contributed by atoms with Crippen LogP contribution in [0.1, 0.15) is 53.4 Å². The number of hydrogen-bond donors (Lipinski definition) is 0. The third kappa shape index (κ3) is 1.39. The summed E-state index contributed by atoms with van der Waals surface area (Å²) in [6.45, 7) is 8.75. The lowest BCUT2D eigenvalue weighted by atomic mass is 9.75. The molecule has 84 valence electrons. The van der Waals surface area contributed by atoms with E-state index in [2.05, 4.69) is 33.8 Å². The second kappa shape index (κ2) is 3.20. The van der Waals surface area contributed by atoms with Crippen molar-refractivity contribution in [2.75, 3.05) is 0 Å². The molecule has 0 aromatic carbocycles. The average Bonchev–Trinajstić information content (AvgIpc) is 2.31. The lowest BCUT2D eigenvalue weighted by molar-refractivity contribution is -0.132. The second-order valence-electron chi connectivity index (χ2n) is 6.05. The zero-order valence-corrected chi connectivity index (χ0v) is 10.4. The highest BCUT2D eigenvalue weighted by molar-refractivity contribution is 5.93. The van der Waals surface area contributed by atoms with Crippen molar-refractivity contribution in [1.29, 1.82) is 0 Å². The Morgan fingerprint density at radius 3 is 2.73 bits per heavy atom. The van der Waals surface area contributed by atoms with Gasteiger partial charge in [0, 0.05) is 10.8 Å². The molecule has 2 rings (SSSR count). The minimum absolute atomic E-state index is 0.0630. The van der Waals surface area contributed by atoms with Crippen molar-refractivity contribution in [3.8, 4) is 0 Å². The van der Waals surface area contributed by atoms with Gasteiger partial charge in [0.05, 0.1) is 0 Å². The third-order valence-electron chi connectivity index (χ3n) is 4.70. The smallest absolute Gasteiger partial charge is 0.145 e. The highest BCUT2D eigenvalue weighted by atomic mass is 16.1. The molecule has 2 aliphatic carbocycles. The largest absolute Gasteiger partial charge is 0.298 e. The molecule has 0 aliphatic heterocycles. The molecule has 0 N–H and O–H groups in total. The summed E-state index contributed by atoms with van der Waals surface area (Å²) in [4.78, 5) is 12.5. The van der Waals surface area contributed by atoms with Crippen LogP contribution in [0.2, 0.25) is 0 Å². The normalized spacial score (nSPS) is 45.2. The Morgan fingerprint density at radius 2 is 2.13 bits per heavy atom. The first-order valence-electron chi connectivity index (χ1n) is 6.13. The number of Topliss-reactive ketones (excluding diaryl/α,β-unsaturated/α-hetero) is 1. The summed E-state index contributed by atoms with van der Waals surface area (Å²) in [7, 11) is 0. The van der Waals surface area contributed by atoms with Gasteiger partial charge in [0.1, 0.15) is 5.78 Å². The number of hydrogen-bond acceptors (Lipinski definition) is 1. The van der Waals surface area contributed by atoms with Gasteiger partial charge in [-0.25, -0.2) is 0 Å². The van der Waals surface area contributed by atoms with E-state index >= 15 is 0 Å². The first-order chi connectivity index (χ1) is 6.92. The van der Waals surface area contributed by atoms with Crippen LogP contribution in [0.15, 0.2) is 11.6 Å². The lowest BCUT2D eigenvalue weighted by Gasteiger charge is -2.28. The van der Waals surface area contributed by atoms with Crippen LogP contribution in [-0.2, 0) is 4.79 Å². The van der Waals surface area contributed by atoms with E-state index in [4.69, 9.17) is 0 Å². The molecular formula is C14H22O. The minimum Gasteiger partial charge on any atom is -0.298 e. The molecule has 0 saturated heterocycles. The standard InChI is InChI=1S/C14H22O/c1-5-11-9-13(3)8-10(2)6-7-14(11,4)12(13)15/h6,11H,5,7-9H2,1-4H3/t11-,13-,14+/m1/s1. The predicted octanol–water partition coefficient (Wildman–Crippen LogP) is 3.74. The Kier molecular flexibility index (Phi) is 2.33. The highest BCUT2D eigenvalue weighted by Gasteiger charge is 2.56. The fourth-order valence-corrected chi connectivity index (χ4v) is 3.82. The van der Waals surface area contributed by atoms with E-state index in [0.717, 1.165) is 25.7 Å². The summed E-state index contributed by atoms with van der Waals surface area (Å²) in [6.07, 6.45) is 6.49. The molecule has 0 aromatic heterocycles. The number of carbonyl (C=O) groups is 1. The summed E-state index contributed by atoms with van der Waals surface area (Å²) >= 11 is 0. The molecule has 0 spiro atoms. The van der Waals surface area contributed by atoms with Gasteiger partial charge in [-0.05, 0) is 32.1 Å². The molecule has 1 saturated carbocycles. The summed E-state index contributed by atoms with van der Waals surface area (Å²) in [5.41, 5.74) is 1.28. The van der Waals surface area contributed by atoms with Crippen molar-refractivity contribution in [2.24, 2.45) is 16.7 Å². The summed E-state index contributed by atoms with van der Waals surface area (Å²) in [5, 5.41) is 0. The Bertz CT molecular complexity index is 328. The Balaban J connectivity index is 2.45. The van der Waals surface area contributed by atoms with E-state index < -0.39 is 0 Å². The van der Waals surface area contributed by atoms with Crippen molar-refractivity contribution in [1.82, 2.24) is 0 Å². The van der Waals surface area contributed by atoms with Gasteiger partial charge < -0.3 is 0 Å². The molecule has 2 bridgehead atoms. The summed E-state index contributed by atoms with van der Waals surface area (Å²) in [5.74, 6) is 1.12. The fourth-order valence-electron chi connectivity index (χ4n) is 3.82. The Labute approximate surface area is 92.9 Å². The van der Waals surface area contributed by atoms with Crippen molar-refractivity contribution in [2.45, 2.75) is 53.4 Å². The highest BCUT2D eigenvalue weighted by Crippen LogP contribution is 2.57. The first-order valence-corrected chi connectivity index (χ1v) is 6.13. The topological polar surface area (TPSA) is 17.1 Å². The van der Waals surface area contributed by atoms with E-state index in [0.29, 0.717) is 11.7 Å². The number of ketones is 1. The van der Waals surface area contributed by atoms with Crippen LogP contribution in [0, 0.1) is 16.7 Å². The second-order valence-corrected chi connectivity index (χ2v) is 6.05. The number of rotatable bonds is 1. The average molecular weight is 206 g/mol. The van der Waals surface area contributed by atoms with E-state index in [9.17, 15) is 4.79 Å². The van der Waals surface area contributed by atoms with Gasteiger partial charge in [0.25, 0.3) is 0 Å². The van der Waals surface area contributed by atoms with Crippen LogP contribution in [0.5, 0.6) is 0 Å². The zero-order valence-electron chi connectivity index (χ0n) is 10.4. The van der Waals surface area contributed by atoms with Gasteiger partial charge in [-0.15, -0.1) is 0 Å². The molecule has 2 aliphatic rings. The Morgan fingerprint density at radius 1 is 1.47 bits per heavy atom. The van der Waals surface area contributed by atoms with Crippen LogP contribution in [0.25, 0.3) is 0 Å². The van der Waals surface area contributed by atoms with Crippen LogP contribution in [-0.4, -0.2) is 5.78 Å². The van der Waals surface area contributed by atoms with Gasteiger partial charge in [-0.1, -0.05) is 38.8 Å². The molecule has 1 nitrogen and oxygen atoms in total. The van der Waals surface area contributed by atoms with Crippen molar-refractivity contribution >= 4 is 5.78 Å². The zero-order chi connectivity index (χ0) is 11.3. The molecule has 0 unspecified atom stereocenters. The number of carbonyl (C=O) groups excluding carboxylic acids is 1. The molecule has 3 atom stereocenters. The van der Waals surface area contributed by atoms with Gasteiger partial charge in [-0.2, -0.15) is 0 Å². The number of fused-ring (bicyclic) bond motifs is 2. The van der Waals surface area contributed by atoms with E-state index in [-0.39, 0.29) is 10.8 Å². The van der Waals surface area contributed by atoms with Crippen LogP contribution in [0.3, 0.4) is 0 Å². The maximum Gasteiger partial charge on any atom is 0.145 e. The van der Waals surface area contributed by atoms with Crippen molar-refractivity contribution < 1.29 is 4.79 Å². The van der Waals surface area contributed by atoms with E-state index in [1.807, 2.05) is 0 Å². The Hall–Kier alpha value is -0.590. The lowest BCUT2D eigenvalue weighted by Crippen LogP contribution is -2.32. The molecule has 1 fully saturated rings. The molecular weight excluding hydrogens is 184 g/mol. The monoisotopic (exact) mass is 206 g/mol. The van der Waals surface area contributed by atoms with Gasteiger partial charge >= 0.3 is 0 Å². The third-order valence-corrected chi connectivity index (χ3v) is 4.70. The van der Waals surface area contributed by atoms with Crippen molar-refractivity contribution in [3.05, 3.63) is 11.6 Å². The molecule has 0 amide bonds. The molecule has 0 radical (unpaired) electrons. The van der Waals surface area contributed by atoms with Gasteiger partial charge in [0.15, 0.2) is 0 Å². The van der Waals surface area contributed by atoms with Crippen molar-refractivity contribution in [3.63, 3.8) is 0 Å². The maximum absolute atomic E-state index is 12.5. The molecule has 1 heteroatoms. The molecule has 15 heavy (non-hydrogen) atoms. The number of allylic oxidation sites excluding steroid dienone is 2. The fraction of sp³-hybridized carbons (Fsp3) is 0.786. The SMILES string of the molecule is CC[C@@H]1C[C@@]2(C)CC(C)=CC[C@]1(C)C2=O. The van der Waals surface area contributed by atoms with Gasteiger partial charge in [-0.3, -0.25) is 4.79 Å². The quantitative estimate of drug-likeness (QED) is 0.597. The summed E-state index contributed by atoms with van der Waals surface area (Å²) < 4.78 is 0. The molecule has 0 aromatic rings. The predicted molar refractivity (Wildman–Crippen MR) is 62.6 cm³/mol. The first kappa shape index (κ1) is 10.9. The van der Waals surface area contributed by atoms with Crippen LogP contribution >= 0.6 is 0 Å². The summed E-state index contributed by atoms with van der Waals surface area (Å²) in [6, 6.07) is 0. The van der Waals surface area contributed by atoms with E-state index in [1.54, 1.807) is 0 Å².